The highest BCUT2D eigenvalue weighted by atomic mass is 32.2. The molecule has 0 aliphatic rings. The molecule has 6 heteroatoms. The fourth-order valence-electron chi connectivity index (χ4n) is 2.50. The predicted octanol–water partition coefficient (Wildman–Crippen LogP) is 2.63. The minimum absolute atomic E-state index is 0.0504. The van der Waals surface area contributed by atoms with E-state index >= 15 is 0 Å². The van der Waals surface area contributed by atoms with Gasteiger partial charge in [0.25, 0.3) is 5.91 Å². The number of sulfone groups is 1. The largest absolute Gasteiger partial charge is 0.351 e. The molecule has 22 heavy (non-hydrogen) atoms. The number of nitrogens with one attached hydrogen (secondary N) is 1. The van der Waals surface area contributed by atoms with E-state index in [1.165, 1.54) is 0 Å². The normalized spacial score (nSPS) is 12.7. The molecule has 1 amide bonds. The Morgan fingerprint density at radius 1 is 1.27 bits per heavy atom. The average molecular weight is 328 g/mol. The van der Waals surface area contributed by atoms with Crippen LogP contribution in [0, 0.1) is 13.8 Å². The lowest BCUT2D eigenvalue weighted by Crippen LogP contribution is -2.36. The van der Waals surface area contributed by atoms with E-state index in [1.807, 2.05) is 19.9 Å². The average Bonchev–Trinajstić information content (AvgIpc) is 2.62. The predicted molar refractivity (Wildman–Crippen MR) is 90.2 cm³/mol. The molecule has 1 N–H and O–H groups in total. The SMILES string of the molecule is Cc1cc(C(=O)NCCS(=O)(=O)C(C)(C)C)c(C)n1C(C)C. The first-order chi connectivity index (χ1) is 9.88. The number of aromatic nitrogens is 1. The maximum Gasteiger partial charge on any atom is 0.253 e. The number of carbonyl (C=O) groups is 1. The second kappa shape index (κ2) is 6.44. The molecule has 1 aromatic heterocycles. The Hall–Kier alpha value is -1.30. The Morgan fingerprint density at radius 3 is 2.23 bits per heavy atom. The van der Waals surface area contributed by atoms with Crippen molar-refractivity contribution in [3.8, 4) is 0 Å². The van der Waals surface area contributed by atoms with E-state index in [4.69, 9.17) is 0 Å². The van der Waals surface area contributed by atoms with E-state index in [0.29, 0.717) is 5.56 Å². The Labute approximate surface area is 134 Å². The van der Waals surface area contributed by atoms with E-state index < -0.39 is 14.6 Å². The highest BCUT2D eigenvalue weighted by molar-refractivity contribution is 7.92. The Balaban J connectivity index is 2.78. The summed E-state index contributed by atoms with van der Waals surface area (Å²) in [6.45, 7) is 13.1. The summed E-state index contributed by atoms with van der Waals surface area (Å²) in [7, 11) is -3.22. The second-order valence-corrected chi connectivity index (χ2v) is 9.80. The third-order valence-electron chi connectivity index (χ3n) is 3.83. The highest BCUT2D eigenvalue weighted by Gasteiger charge is 2.28. The summed E-state index contributed by atoms with van der Waals surface area (Å²) in [5, 5.41) is 2.72. The van der Waals surface area contributed by atoms with Crippen molar-refractivity contribution >= 4 is 15.7 Å². The Kier molecular flexibility index (Phi) is 5.49. The minimum Gasteiger partial charge on any atom is -0.351 e. The summed E-state index contributed by atoms with van der Waals surface area (Å²) < 4.78 is 25.4. The molecule has 1 aromatic rings. The smallest absolute Gasteiger partial charge is 0.253 e. The van der Waals surface area contributed by atoms with Crippen molar-refractivity contribution in [1.82, 2.24) is 9.88 Å². The molecule has 0 saturated carbocycles. The molecule has 1 rings (SSSR count). The van der Waals surface area contributed by atoms with Gasteiger partial charge in [-0.15, -0.1) is 0 Å². The second-order valence-electron chi connectivity index (χ2n) is 6.94. The van der Waals surface area contributed by atoms with Gasteiger partial charge in [-0.25, -0.2) is 8.42 Å². The minimum atomic E-state index is -3.22. The number of rotatable bonds is 5. The van der Waals surface area contributed by atoms with Crippen LogP contribution in [-0.4, -0.2) is 35.9 Å². The first-order valence-corrected chi connectivity index (χ1v) is 9.22. The van der Waals surface area contributed by atoms with Crippen LogP contribution in [0.5, 0.6) is 0 Å². The van der Waals surface area contributed by atoms with Gasteiger partial charge >= 0.3 is 0 Å². The molecule has 0 aliphatic heterocycles. The number of carbonyl (C=O) groups excluding carboxylic acids is 1. The van der Waals surface area contributed by atoms with Crippen LogP contribution in [0.15, 0.2) is 6.07 Å². The van der Waals surface area contributed by atoms with Crippen molar-refractivity contribution in [2.45, 2.75) is 59.3 Å². The molecular formula is C16H28N2O3S. The van der Waals surface area contributed by atoms with Gasteiger partial charge in [0.1, 0.15) is 0 Å². The van der Waals surface area contributed by atoms with Crippen molar-refractivity contribution in [3.05, 3.63) is 23.0 Å². The van der Waals surface area contributed by atoms with Crippen LogP contribution < -0.4 is 5.32 Å². The van der Waals surface area contributed by atoms with E-state index in [0.717, 1.165) is 11.4 Å². The van der Waals surface area contributed by atoms with Crippen molar-refractivity contribution in [1.29, 1.82) is 0 Å². The zero-order valence-corrected chi connectivity index (χ0v) is 15.5. The van der Waals surface area contributed by atoms with Crippen molar-refractivity contribution in [3.63, 3.8) is 0 Å². The summed E-state index contributed by atoms with van der Waals surface area (Å²) in [6.07, 6.45) is 0. The van der Waals surface area contributed by atoms with Gasteiger partial charge in [0.15, 0.2) is 9.84 Å². The Bertz CT molecular complexity index is 650. The standard InChI is InChI=1S/C16H28N2O3S/c1-11(2)18-12(3)10-14(13(18)4)15(19)17-8-9-22(20,21)16(5,6)7/h10-11H,8-9H2,1-7H3,(H,17,19). The van der Waals surface area contributed by atoms with Crippen molar-refractivity contribution in [2.24, 2.45) is 0 Å². The van der Waals surface area contributed by atoms with Crippen molar-refractivity contribution in [2.75, 3.05) is 12.3 Å². The molecule has 0 aliphatic carbocycles. The Morgan fingerprint density at radius 2 is 1.82 bits per heavy atom. The third-order valence-corrected chi connectivity index (χ3v) is 6.44. The van der Waals surface area contributed by atoms with E-state index in [2.05, 4.69) is 23.7 Å². The topological polar surface area (TPSA) is 68.2 Å². The summed E-state index contributed by atoms with van der Waals surface area (Å²) in [5.74, 6) is -0.269. The third kappa shape index (κ3) is 3.91. The first kappa shape index (κ1) is 18.7. The fraction of sp³-hybridized carbons (Fsp3) is 0.688. The fourth-order valence-corrected chi connectivity index (χ4v) is 3.49. The van der Waals surface area contributed by atoms with Crippen LogP contribution in [0.25, 0.3) is 0 Å². The lowest BCUT2D eigenvalue weighted by Gasteiger charge is -2.19. The summed E-state index contributed by atoms with van der Waals surface area (Å²) in [4.78, 5) is 12.3. The van der Waals surface area contributed by atoms with Gasteiger partial charge in [-0.1, -0.05) is 0 Å². The molecule has 1 heterocycles. The van der Waals surface area contributed by atoms with Crippen LogP contribution >= 0.6 is 0 Å². The first-order valence-electron chi connectivity index (χ1n) is 7.57. The molecule has 0 fully saturated rings. The number of nitrogens with zero attached hydrogens (tertiary/aromatic N) is 1. The zero-order valence-electron chi connectivity index (χ0n) is 14.6. The summed E-state index contributed by atoms with van der Waals surface area (Å²) in [5.41, 5.74) is 2.54. The zero-order chi connectivity index (χ0) is 17.3. The molecular weight excluding hydrogens is 300 g/mol. The number of hydrogen-bond donors (Lipinski definition) is 1. The van der Waals surface area contributed by atoms with Gasteiger partial charge in [-0.3, -0.25) is 4.79 Å². The summed E-state index contributed by atoms with van der Waals surface area (Å²) in [6, 6.07) is 2.13. The molecule has 0 radical (unpaired) electrons. The lowest BCUT2D eigenvalue weighted by atomic mass is 10.2. The van der Waals surface area contributed by atoms with E-state index in [9.17, 15) is 13.2 Å². The highest BCUT2D eigenvalue weighted by Crippen LogP contribution is 2.20. The monoisotopic (exact) mass is 328 g/mol. The van der Waals surface area contributed by atoms with Gasteiger partial charge < -0.3 is 9.88 Å². The van der Waals surface area contributed by atoms with Crippen LogP contribution in [-0.2, 0) is 9.84 Å². The number of hydrogen-bond acceptors (Lipinski definition) is 3. The van der Waals surface area contributed by atoms with Crippen LogP contribution in [0.1, 0.15) is 62.4 Å². The molecule has 5 nitrogen and oxygen atoms in total. The lowest BCUT2D eigenvalue weighted by molar-refractivity contribution is 0.0955. The molecule has 0 aromatic carbocycles. The molecule has 0 bridgehead atoms. The maximum absolute atomic E-state index is 12.3. The summed E-state index contributed by atoms with van der Waals surface area (Å²) >= 11 is 0. The van der Waals surface area contributed by atoms with E-state index in [1.54, 1.807) is 20.8 Å². The van der Waals surface area contributed by atoms with E-state index in [-0.39, 0.29) is 24.2 Å². The number of aryl methyl sites for hydroxylation is 1. The van der Waals surface area contributed by atoms with Crippen molar-refractivity contribution < 1.29 is 13.2 Å². The van der Waals surface area contributed by atoms with Crippen LogP contribution in [0.3, 0.4) is 0 Å². The molecule has 0 atom stereocenters. The van der Waals surface area contributed by atoms with Gasteiger partial charge in [0.2, 0.25) is 0 Å². The molecule has 0 saturated heterocycles. The maximum atomic E-state index is 12.3. The van der Waals surface area contributed by atoms with Gasteiger partial charge in [-0.05, 0) is 54.5 Å². The molecule has 0 unspecified atom stereocenters. The quantitative estimate of drug-likeness (QED) is 0.903. The molecule has 0 spiro atoms. The van der Waals surface area contributed by atoms with Gasteiger partial charge in [0, 0.05) is 24.0 Å². The van der Waals surface area contributed by atoms with Gasteiger partial charge in [0.05, 0.1) is 16.1 Å². The van der Waals surface area contributed by atoms with Gasteiger partial charge in [-0.2, -0.15) is 0 Å². The molecule has 126 valence electrons. The van der Waals surface area contributed by atoms with Crippen LogP contribution in [0.4, 0.5) is 0 Å². The number of amides is 1. The van der Waals surface area contributed by atoms with Crippen LogP contribution in [0.2, 0.25) is 0 Å².